The van der Waals surface area contributed by atoms with Crippen LogP contribution < -0.4 is 0 Å². The minimum Gasteiger partial charge on any atom is -0.380 e. The maximum absolute atomic E-state index is 5.36. The molecule has 0 saturated heterocycles. The number of rotatable bonds is 3. The van der Waals surface area contributed by atoms with Crippen LogP contribution in [-0.4, -0.2) is 13.2 Å². The highest BCUT2D eigenvalue weighted by Crippen LogP contribution is 2.50. The number of hydrogen-bond acceptors (Lipinski definition) is 1. The average Bonchev–Trinajstić information content (AvgIpc) is 2.92. The Labute approximate surface area is 79.0 Å². The third kappa shape index (κ3) is 1.40. The van der Waals surface area contributed by atoms with Crippen molar-refractivity contribution >= 4 is 0 Å². The molecule has 2 rings (SSSR count). The van der Waals surface area contributed by atoms with Crippen molar-refractivity contribution in [3.05, 3.63) is 48.6 Å². The molecule has 1 aliphatic carbocycles. The largest absolute Gasteiger partial charge is 0.380 e. The molecule has 0 amide bonds. The first kappa shape index (κ1) is 8.52. The Kier molecular flexibility index (Phi) is 2.19. The van der Waals surface area contributed by atoms with Gasteiger partial charge in [-0.3, -0.25) is 0 Å². The van der Waals surface area contributed by atoms with Crippen LogP contribution in [0.2, 0.25) is 0 Å². The Morgan fingerprint density at radius 1 is 1.31 bits per heavy atom. The lowest BCUT2D eigenvalue weighted by Gasteiger charge is -1.96. The summed E-state index contributed by atoms with van der Waals surface area (Å²) >= 11 is 0. The fourth-order valence-electron chi connectivity index (χ4n) is 1.98. The van der Waals surface area contributed by atoms with Crippen molar-refractivity contribution in [3.8, 4) is 0 Å². The first-order chi connectivity index (χ1) is 6.38. The van der Waals surface area contributed by atoms with E-state index in [1.54, 1.807) is 7.11 Å². The lowest BCUT2D eigenvalue weighted by Crippen LogP contribution is -1.90. The van der Waals surface area contributed by atoms with Gasteiger partial charge in [0, 0.05) is 18.9 Å². The molecule has 0 radical (unpaired) electrons. The van der Waals surface area contributed by atoms with Gasteiger partial charge >= 0.3 is 0 Å². The van der Waals surface area contributed by atoms with E-state index in [-0.39, 0.29) is 0 Å². The Balaban J connectivity index is 2.16. The Morgan fingerprint density at radius 2 is 2.00 bits per heavy atom. The van der Waals surface area contributed by atoms with Crippen LogP contribution in [0, 0.1) is 5.92 Å². The summed E-state index contributed by atoms with van der Waals surface area (Å²) in [7, 11) is 1.77. The summed E-state index contributed by atoms with van der Waals surface area (Å²) in [5.74, 6) is 1.04. The van der Waals surface area contributed by atoms with E-state index in [0.717, 1.165) is 0 Å². The van der Waals surface area contributed by atoms with E-state index >= 15 is 0 Å². The summed E-state index contributed by atoms with van der Waals surface area (Å²) in [6, 6.07) is 10.5. The van der Waals surface area contributed by atoms with Crippen LogP contribution in [0.1, 0.15) is 11.5 Å². The van der Waals surface area contributed by atoms with Crippen LogP contribution in [0.15, 0.2) is 43.0 Å². The predicted molar refractivity (Wildman–Crippen MR) is 53.7 cm³/mol. The zero-order chi connectivity index (χ0) is 9.26. The second-order valence-corrected chi connectivity index (χ2v) is 3.45. The zero-order valence-electron chi connectivity index (χ0n) is 7.81. The molecule has 0 aliphatic heterocycles. The van der Waals surface area contributed by atoms with Gasteiger partial charge in [0.15, 0.2) is 0 Å². The van der Waals surface area contributed by atoms with Crippen molar-refractivity contribution in [2.24, 2.45) is 5.92 Å². The number of ether oxygens (including phenoxy) is 1. The summed E-state index contributed by atoms with van der Waals surface area (Å²) in [6.45, 7) is 3.82. The molecule has 13 heavy (non-hydrogen) atoms. The monoisotopic (exact) mass is 174 g/mol. The highest BCUT2D eigenvalue weighted by molar-refractivity contribution is 5.32. The lowest BCUT2D eigenvalue weighted by molar-refractivity contribution is 0.171. The van der Waals surface area contributed by atoms with E-state index in [0.29, 0.717) is 17.9 Å². The minimum atomic E-state index is 0.347. The molecule has 0 N–H and O–H groups in total. The Hall–Kier alpha value is -1.08. The van der Waals surface area contributed by atoms with Crippen molar-refractivity contribution in [2.45, 2.75) is 12.0 Å². The molecule has 1 aliphatic rings. The van der Waals surface area contributed by atoms with E-state index in [4.69, 9.17) is 4.74 Å². The van der Waals surface area contributed by atoms with Gasteiger partial charge in [-0.15, -0.1) is 6.58 Å². The van der Waals surface area contributed by atoms with Gasteiger partial charge in [-0.1, -0.05) is 36.4 Å². The summed E-state index contributed by atoms with van der Waals surface area (Å²) in [5, 5.41) is 0. The summed E-state index contributed by atoms with van der Waals surface area (Å²) in [4.78, 5) is 0. The number of hydrogen-bond donors (Lipinski definition) is 0. The topological polar surface area (TPSA) is 9.23 Å². The second-order valence-electron chi connectivity index (χ2n) is 3.45. The molecule has 1 heteroatoms. The van der Waals surface area contributed by atoms with Crippen molar-refractivity contribution < 1.29 is 4.74 Å². The third-order valence-corrected chi connectivity index (χ3v) is 2.74. The summed E-state index contributed by atoms with van der Waals surface area (Å²) in [6.07, 6.45) is 2.34. The molecule has 0 aromatic heterocycles. The molecule has 3 atom stereocenters. The molecule has 0 heterocycles. The van der Waals surface area contributed by atoms with Crippen LogP contribution in [-0.2, 0) is 4.74 Å². The van der Waals surface area contributed by atoms with Gasteiger partial charge in [0.2, 0.25) is 0 Å². The van der Waals surface area contributed by atoms with Crippen LogP contribution >= 0.6 is 0 Å². The van der Waals surface area contributed by atoms with Gasteiger partial charge in [-0.25, -0.2) is 0 Å². The Morgan fingerprint density at radius 3 is 2.46 bits per heavy atom. The second kappa shape index (κ2) is 3.35. The predicted octanol–water partition coefficient (Wildman–Crippen LogP) is 2.60. The van der Waals surface area contributed by atoms with Crippen LogP contribution in [0.25, 0.3) is 0 Å². The van der Waals surface area contributed by atoms with Crippen LogP contribution in [0.4, 0.5) is 0 Å². The molecule has 68 valence electrons. The van der Waals surface area contributed by atoms with E-state index in [1.165, 1.54) is 5.56 Å². The lowest BCUT2D eigenvalue weighted by atomic mass is 10.1. The van der Waals surface area contributed by atoms with Gasteiger partial charge in [0.05, 0.1) is 6.10 Å². The molecule has 1 saturated carbocycles. The van der Waals surface area contributed by atoms with Crippen LogP contribution in [0.5, 0.6) is 0 Å². The maximum Gasteiger partial charge on any atom is 0.0715 e. The van der Waals surface area contributed by atoms with Crippen molar-refractivity contribution in [3.63, 3.8) is 0 Å². The normalized spacial score (nSPS) is 31.3. The average molecular weight is 174 g/mol. The fraction of sp³-hybridized carbons (Fsp3) is 0.333. The zero-order valence-corrected chi connectivity index (χ0v) is 7.81. The van der Waals surface area contributed by atoms with Crippen LogP contribution in [0.3, 0.4) is 0 Å². The molecule has 1 aromatic rings. The molecule has 0 spiro atoms. The molecular weight excluding hydrogens is 160 g/mol. The van der Waals surface area contributed by atoms with E-state index in [1.807, 2.05) is 12.1 Å². The smallest absolute Gasteiger partial charge is 0.0715 e. The first-order valence-corrected chi connectivity index (χ1v) is 4.58. The Bertz CT molecular complexity index is 291. The summed E-state index contributed by atoms with van der Waals surface area (Å²) < 4.78 is 5.36. The van der Waals surface area contributed by atoms with Gasteiger partial charge in [-0.2, -0.15) is 0 Å². The minimum absolute atomic E-state index is 0.347. The molecule has 1 fully saturated rings. The molecule has 1 aromatic carbocycles. The standard InChI is InChI=1S/C12H14O/c1-3-10-11(12(10)13-2)9-7-5-4-6-8-9/h3-8,10-12H,1H2,2H3/t10-,11-,12+/m1/s1. The van der Waals surface area contributed by atoms with Gasteiger partial charge in [0.25, 0.3) is 0 Å². The van der Waals surface area contributed by atoms with Gasteiger partial charge in [-0.05, 0) is 5.56 Å². The van der Waals surface area contributed by atoms with Crippen molar-refractivity contribution in [2.75, 3.05) is 7.11 Å². The highest BCUT2D eigenvalue weighted by Gasteiger charge is 2.49. The van der Waals surface area contributed by atoms with Gasteiger partial charge in [0.1, 0.15) is 0 Å². The SMILES string of the molecule is C=C[C@H]1[C@H](OC)[C@@H]1c1ccccc1. The summed E-state index contributed by atoms with van der Waals surface area (Å²) in [5.41, 5.74) is 1.36. The van der Waals surface area contributed by atoms with Gasteiger partial charge < -0.3 is 4.74 Å². The number of methoxy groups -OCH3 is 1. The van der Waals surface area contributed by atoms with E-state index in [9.17, 15) is 0 Å². The molecule has 1 nitrogen and oxygen atoms in total. The van der Waals surface area contributed by atoms with Crippen molar-refractivity contribution in [1.82, 2.24) is 0 Å². The number of benzene rings is 1. The fourth-order valence-corrected chi connectivity index (χ4v) is 1.98. The maximum atomic E-state index is 5.36. The first-order valence-electron chi connectivity index (χ1n) is 4.58. The third-order valence-electron chi connectivity index (χ3n) is 2.74. The van der Waals surface area contributed by atoms with E-state index < -0.39 is 0 Å². The van der Waals surface area contributed by atoms with Crippen molar-refractivity contribution in [1.29, 1.82) is 0 Å². The molecule has 0 bridgehead atoms. The molecular formula is C12H14O. The molecule has 0 unspecified atom stereocenters. The highest BCUT2D eigenvalue weighted by atomic mass is 16.5. The van der Waals surface area contributed by atoms with E-state index in [2.05, 4.69) is 30.8 Å². The quantitative estimate of drug-likeness (QED) is 0.640.